The maximum absolute atomic E-state index is 15.0. The van der Waals surface area contributed by atoms with Gasteiger partial charge in [-0.2, -0.15) is 0 Å². The van der Waals surface area contributed by atoms with Crippen LogP contribution < -0.4 is 20.1 Å². The molecule has 2 bridgehead atoms. The van der Waals surface area contributed by atoms with E-state index in [2.05, 4.69) is 17.6 Å². The van der Waals surface area contributed by atoms with E-state index in [1.54, 1.807) is 6.92 Å². The van der Waals surface area contributed by atoms with Crippen LogP contribution in [-0.4, -0.2) is 48.7 Å². The number of aliphatic carboxylic acids is 1. The molecule has 0 unspecified atom stereocenters. The first kappa shape index (κ1) is 28.7. The fraction of sp³-hybridized carbons (Fsp3) is 0.710. The van der Waals surface area contributed by atoms with Crippen LogP contribution in [0.4, 0.5) is 4.39 Å². The van der Waals surface area contributed by atoms with E-state index in [0.29, 0.717) is 32.2 Å². The second-order valence-electron chi connectivity index (χ2n) is 12.9. The molecule has 220 valence electrons. The molecule has 4 fully saturated rings. The van der Waals surface area contributed by atoms with E-state index in [1.165, 1.54) is 19.6 Å². The van der Waals surface area contributed by atoms with E-state index in [0.717, 1.165) is 44.6 Å². The highest BCUT2D eigenvalue weighted by Gasteiger charge is 2.52. The summed E-state index contributed by atoms with van der Waals surface area (Å²) in [5.41, 5.74) is -0.428. The van der Waals surface area contributed by atoms with Gasteiger partial charge in [-0.3, -0.25) is 14.4 Å². The first-order chi connectivity index (χ1) is 19.1. The maximum atomic E-state index is 15.0. The summed E-state index contributed by atoms with van der Waals surface area (Å²) in [5, 5.41) is 15.8. The number of carbonyl (C=O) groups is 3. The summed E-state index contributed by atoms with van der Waals surface area (Å²) >= 11 is 0. The summed E-state index contributed by atoms with van der Waals surface area (Å²) in [4.78, 5) is 38.6. The molecule has 0 radical (unpaired) electrons. The number of fused-ring (bicyclic) bond motifs is 2. The summed E-state index contributed by atoms with van der Waals surface area (Å²) in [6.07, 6.45) is 8.95. The average Bonchev–Trinajstić information content (AvgIpc) is 3.52. The number of hydrogen-bond donors (Lipinski definition) is 3. The maximum Gasteiger partial charge on any atom is 0.309 e. The minimum Gasteiger partial charge on any atom is -0.496 e. The zero-order chi connectivity index (χ0) is 28.7. The fourth-order valence-corrected chi connectivity index (χ4v) is 7.54. The van der Waals surface area contributed by atoms with Crippen molar-refractivity contribution >= 4 is 17.8 Å². The summed E-state index contributed by atoms with van der Waals surface area (Å²) < 4.78 is 26.3. The highest BCUT2D eigenvalue weighted by molar-refractivity contribution is 5.98. The smallest absolute Gasteiger partial charge is 0.309 e. The molecule has 0 heterocycles. The molecule has 2 amide bonds. The number of methoxy groups -OCH3 is 1. The largest absolute Gasteiger partial charge is 0.496 e. The predicted octanol–water partition coefficient (Wildman–Crippen LogP) is 5.09. The standard InChI is InChI=1S/C31H43FN2O6/c1-4-31(10-5-11-31)17-33-28(36)25-18-6-7-19(14-18)26(25)34-27(35)21-15-24(22(32)16-23(21)39-3)40-20-8-12-30(2,13-9-20)29(37)38/h15-16,18-20,25-26H,4-14,17H2,1-3H3,(H,33,36)(H,34,35)(H,37,38)/t18-,19+,20-,25+,26-,30+/m1/s1. The average molecular weight is 559 g/mol. The third-order valence-corrected chi connectivity index (χ3v) is 10.7. The molecule has 8 nitrogen and oxygen atoms in total. The Morgan fingerprint density at radius 3 is 2.35 bits per heavy atom. The first-order valence-corrected chi connectivity index (χ1v) is 14.9. The molecule has 4 aliphatic carbocycles. The molecule has 9 heteroatoms. The van der Waals surface area contributed by atoms with Crippen molar-refractivity contribution < 1.29 is 33.4 Å². The highest BCUT2D eigenvalue weighted by atomic mass is 19.1. The molecule has 0 aliphatic heterocycles. The van der Waals surface area contributed by atoms with Crippen molar-refractivity contribution in [1.82, 2.24) is 10.6 Å². The van der Waals surface area contributed by atoms with Gasteiger partial charge in [0.15, 0.2) is 11.6 Å². The van der Waals surface area contributed by atoms with E-state index in [-0.39, 0.29) is 58.3 Å². The molecule has 3 N–H and O–H groups in total. The van der Waals surface area contributed by atoms with Crippen LogP contribution in [0.15, 0.2) is 12.1 Å². The molecule has 0 spiro atoms. The number of amides is 2. The van der Waals surface area contributed by atoms with E-state index in [9.17, 15) is 23.9 Å². The summed E-state index contributed by atoms with van der Waals surface area (Å²) in [5.74, 6) is -1.59. The van der Waals surface area contributed by atoms with Crippen LogP contribution in [0.5, 0.6) is 11.5 Å². The monoisotopic (exact) mass is 558 g/mol. The van der Waals surface area contributed by atoms with Crippen molar-refractivity contribution in [1.29, 1.82) is 0 Å². The number of ether oxygens (including phenoxy) is 2. The Labute approximate surface area is 235 Å². The quantitative estimate of drug-likeness (QED) is 0.369. The van der Waals surface area contributed by atoms with Gasteiger partial charge in [0, 0.05) is 18.7 Å². The van der Waals surface area contributed by atoms with Gasteiger partial charge >= 0.3 is 5.97 Å². The Morgan fingerprint density at radius 1 is 1.05 bits per heavy atom. The van der Waals surface area contributed by atoms with Crippen molar-refractivity contribution in [2.45, 2.75) is 96.6 Å². The minimum atomic E-state index is -0.832. The zero-order valence-corrected chi connectivity index (χ0v) is 23.9. The third-order valence-electron chi connectivity index (χ3n) is 10.7. The Morgan fingerprint density at radius 2 is 1.75 bits per heavy atom. The normalized spacial score (nSPS) is 32.1. The van der Waals surface area contributed by atoms with Crippen molar-refractivity contribution in [3.05, 3.63) is 23.5 Å². The molecule has 4 saturated carbocycles. The summed E-state index contributed by atoms with van der Waals surface area (Å²) in [7, 11) is 1.39. The van der Waals surface area contributed by atoms with Gasteiger partial charge in [-0.25, -0.2) is 4.39 Å². The number of halogens is 1. The molecule has 1 aromatic rings. The Kier molecular flexibility index (Phi) is 8.03. The van der Waals surface area contributed by atoms with Gasteiger partial charge in [-0.15, -0.1) is 0 Å². The van der Waals surface area contributed by atoms with Crippen molar-refractivity contribution in [3.8, 4) is 11.5 Å². The molecule has 0 saturated heterocycles. The highest BCUT2D eigenvalue weighted by Crippen LogP contribution is 2.49. The van der Waals surface area contributed by atoms with E-state index < -0.39 is 23.1 Å². The van der Waals surface area contributed by atoms with Gasteiger partial charge in [0.2, 0.25) is 5.91 Å². The third kappa shape index (κ3) is 5.40. The van der Waals surface area contributed by atoms with Crippen LogP contribution in [0.25, 0.3) is 0 Å². The minimum absolute atomic E-state index is 0.0259. The van der Waals surface area contributed by atoms with Gasteiger partial charge in [0.25, 0.3) is 5.91 Å². The lowest BCUT2D eigenvalue weighted by Gasteiger charge is -2.42. The van der Waals surface area contributed by atoms with Gasteiger partial charge in [-0.1, -0.05) is 13.3 Å². The zero-order valence-electron chi connectivity index (χ0n) is 23.9. The fourth-order valence-electron chi connectivity index (χ4n) is 7.54. The number of benzene rings is 1. The van der Waals surface area contributed by atoms with Gasteiger partial charge in [0.05, 0.1) is 30.1 Å². The Balaban J connectivity index is 1.28. The number of nitrogens with one attached hydrogen (secondary N) is 2. The summed E-state index contributed by atoms with van der Waals surface area (Å²) in [6, 6.07) is 2.25. The molecular formula is C31H43FN2O6. The van der Waals surface area contributed by atoms with E-state index >= 15 is 0 Å². The second-order valence-corrected chi connectivity index (χ2v) is 12.9. The molecule has 0 aromatic heterocycles. The van der Waals surface area contributed by atoms with Gasteiger partial charge in [-0.05, 0) is 94.4 Å². The van der Waals surface area contributed by atoms with E-state index in [1.807, 2.05) is 0 Å². The molecule has 5 rings (SSSR count). The number of carboxylic acid groups (broad SMARTS) is 1. The Bertz CT molecular complexity index is 1140. The topological polar surface area (TPSA) is 114 Å². The van der Waals surface area contributed by atoms with Crippen LogP contribution in [0.3, 0.4) is 0 Å². The van der Waals surface area contributed by atoms with Gasteiger partial charge in [0.1, 0.15) is 5.75 Å². The van der Waals surface area contributed by atoms with Crippen LogP contribution >= 0.6 is 0 Å². The molecule has 40 heavy (non-hydrogen) atoms. The van der Waals surface area contributed by atoms with Crippen molar-refractivity contribution in [2.75, 3.05) is 13.7 Å². The number of carbonyl (C=O) groups excluding carboxylic acids is 2. The Hall–Kier alpha value is -2.84. The van der Waals surface area contributed by atoms with Gasteiger partial charge < -0.3 is 25.2 Å². The lowest BCUT2D eigenvalue weighted by atomic mass is 9.67. The number of carboxylic acids is 1. The molecule has 4 atom stereocenters. The molecule has 1 aromatic carbocycles. The molecule has 4 aliphatic rings. The van der Waals surface area contributed by atoms with Crippen LogP contribution in [0.2, 0.25) is 0 Å². The first-order valence-electron chi connectivity index (χ1n) is 14.9. The SMILES string of the molecule is CCC1(CNC(=O)[C@H]2[C@@H]3CC[C@@H](C3)[C@H]2NC(=O)c2cc(O[C@H]3CC[C@@](C)(C(=O)O)CC3)c(F)cc2OC)CCC1. The lowest BCUT2D eigenvalue weighted by Crippen LogP contribution is -2.52. The summed E-state index contributed by atoms with van der Waals surface area (Å²) in [6.45, 7) is 4.59. The number of hydrogen-bond acceptors (Lipinski definition) is 5. The van der Waals surface area contributed by atoms with Crippen molar-refractivity contribution in [3.63, 3.8) is 0 Å². The van der Waals surface area contributed by atoms with Crippen LogP contribution in [0, 0.1) is 34.4 Å². The molecular weight excluding hydrogens is 515 g/mol. The van der Waals surface area contributed by atoms with Crippen LogP contribution in [-0.2, 0) is 9.59 Å². The number of rotatable bonds is 10. The van der Waals surface area contributed by atoms with Crippen molar-refractivity contribution in [2.24, 2.45) is 28.6 Å². The predicted molar refractivity (Wildman–Crippen MR) is 147 cm³/mol. The lowest BCUT2D eigenvalue weighted by molar-refractivity contribution is -0.150. The van der Waals surface area contributed by atoms with E-state index in [4.69, 9.17) is 9.47 Å². The van der Waals surface area contributed by atoms with Crippen LogP contribution in [0.1, 0.15) is 94.8 Å². The second kappa shape index (κ2) is 11.2.